The predicted molar refractivity (Wildman–Crippen MR) is 95.2 cm³/mol. The Hall–Kier alpha value is -2.63. The fraction of sp³-hybridized carbons (Fsp3) is 0.421. The lowest BCUT2D eigenvalue weighted by atomic mass is 9.97. The predicted octanol–water partition coefficient (Wildman–Crippen LogP) is 3.04. The largest absolute Gasteiger partial charge is 0.487 e. The zero-order chi connectivity index (χ0) is 17.6. The fourth-order valence-electron chi connectivity index (χ4n) is 3.05. The van der Waals surface area contributed by atoms with Gasteiger partial charge in [0.15, 0.2) is 0 Å². The van der Waals surface area contributed by atoms with Crippen molar-refractivity contribution in [1.29, 1.82) is 0 Å². The summed E-state index contributed by atoms with van der Waals surface area (Å²) in [6, 6.07) is 7.54. The molecule has 1 N–H and O–H groups in total. The third kappa shape index (κ3) is 4.47. The van der Waals surface area contributed by atoms with Crippen LogP contribution in [0.3, 0.4) is 0 Å². The van der Waals surface area contributed by atoms with Crippen molar-refractivity contribution in [2.45, 2.75) is 32.4 Å². The van der Waals surface area contributed by atoms with Crippen LogP contribution in [-0.4, -0.2) is 40.1 Å². The normalized spacial score (nSPS) is 18.2. The molecule has 3 heterocycles. The first kappa shape index (κ1) is 17.2. The maximum Gasteiger partial charge on any atom is 0.318 e. The molecular weight excluding hydrogens is 316 g/mol. The van der Waals surface area contributed by atoms with Crippen molar-refractivity contribution in [3.8, 4) is 5.75 Å². The molecule has 3 rings (SSSR count). The van der Waals surface area contributed by atoms with Crippen molar-refractivity contribution in [1.82, 2.24) is 20.2 Å². The van der Waals surface area contributed by atoms with Crippen LogP contribution in [0.15, 0.2) is 49.1 Å². The van der Waals surface area contributed by atoms with Gasteiger partial charge in [-0.15, -0.1) is 0 Å². The van der Waals surface area contributed by atoms with Crippen LogP contribution >= 0.6 is 0 Å². The summed E-state index contributed by atoms with van der Waals surface area (Å²) in [5, 5.41) is 3.15. The van der Waals surface area contributed by atoms with Crippen molar-refractivity contribution < 1.29 is 9.53 Å². The molecule has 1 aliphatic rings. The first-order chi connectivity index (χ1) is 12.1. The van der Waals surface area contributed by atoms with E-state index < -0.39 is 0 Å². The van der Waals surface area contributed by atoms with Crippen LogP contribution in [0.5, 0.6) is 5.75 Å². The monoisotopic (exact) mass is 340 g/mol. The molecule has 0 radical (unpaired) electrons. The molecule has 25 heavy (non-hydrogen) atoms. The van der Waals surface area contributed by atoms with Gasteiger partial charge in [-0.2, -0.15) is 0 Å². The van der Waals surface area contributed by atoms with Gasteiger partial charge in [0, 0.05) is 31.6 Å². The second-order valence-corrected chi connectivity index (χ2v) is 6.62. The van der Waals surface area contributed by atoms with Gasteiger partial charge in [-0.05, 0) is 35.7 Å². The molecule has 2 aromatic heterocycles. The van der Waals surface area contributed by atoms with E-state index in [2.05, 4.69) is 29.1 Å². The van der Waals surface area contributed by atoms with Crippen molar-refractivity contribution >= 4 is 6.03 Å². The molecule has 0 aliphatic carbocycles. The number of ether oxygens (including phenoxy) is 1. The molecule has 2 atom stereocenters. The van der Waals surface area contributed by atoms with Gasteiger partial charge < -0.3 is 15.0 Å². The van der Waals surface area contributed by atoms with Crippen LogP contribution in [0.1, 0.15) is 31.9 Å². The van der Waals surface area contributed by atoms with Crippen molar-refractivity contribution in [2.75, 3.05) is 13.1 Å². The summed E-state index contributed by atoms with van der Waals surface area (Å²) in [4.78, 5) is 22.6. The van der Waals surface area contributed by atoms with E-state index in [4.69, 9.17) is 4.74 Å². The SMILES string of the molecule is CC(C)[C@H](NC(=O)N1CC[C@H](Oc2cccnc2)C1)c1ccncc1. The highest BCUT2D eigenvalue weighted by molar-refractivity contribution is 5.75. The third-order valence-electron chi connectivity index (χ3n) is 4.38. The number of urea groups is 1. The first-order valence-corrected chi connectivity index (χ1v) is 8.65. The Balaban J connectivity index is 1.58. The van der Waals surface area contributed by atoms with Crippen LogP contribution in [-0.2, 0) is 0 Å². The molecule has 6 nitrogen and oxygen atoms in total. The quantitative estimate of drug-likeness (QED) is 0.908. The number of carbonyl (C=O) groups excluding carboxylic acids is 1. The van der Waals surface area contributed by atoms with Gasteiger partial charge in [-0.25, -0.2) is 4.79 Å². The van der Waals surface area contributed by atoms with E-state index in [1.165, 1.54) is 0 Å². The summed E-state index contributed by atoms with van der Waals surface area (Å²) in [5.74, 6) is 1.03. The number of carbonyl (C=O) groups is 1. The highest BCUT2D eigenvalue weighted by Gasteiger charge is 2.29. The van der Waals surface area contributed by atoms with Crippen LogP contribution in [0.2, 0.25) is 0 Å². The average molecular weight is 340 g/mol. The molecule has 0 spiro atoms. The Bertz CT molecular complexity index is 678. The average Bonchev–Trinajstić information content (AvgIpc) is 3.09. The lowest BCUT2D eigenvalue weighted by Crippen LogP contribution is -2.42. The minimum atomic E-state index is -0.0483. The van der Waals surface area contributed by atoms with Gasteiger partial charge >= 0.3 is 6.03 Å². The van der Waals surface area contributed by atoms with Gasteiger partial charge in [0.2, 0.25) is 0 Å². The number of amides is 2. The zero-order valence-electron chi connectivity index (χ0n) is 14.6. The van der Waals surface area contributed by atoms with Gasteiger partial charge in [0.1, 0.15) is 11.9 Å². The Morgan fingerprint density at radius 2 is 2.04 bits per heavy atom. The van der Waals surface area contributed by atoms with E-state index in [-0.39, 0.29) is 24.1 Å². The van der Waals surface area contributed by atoms with Crippen LogP contribution in [0, 0.1) is 5.92 Å². The van der Waals surface area contributed by atoms with E-state index in [1.807, 2.05) is 29.2 Å². The van der Waals surface area contributed by atoms with E-state index in [9.17, 15) is 4.79 Å². The molecule has 0 unspecified atom stereocenters. The lowest BCUT2D eigenvalue weighted by molar-refractivity contribution is 0.181. The second-order valence-electron chi connectivity index (χ2n) is 6.62. The molecular formula is C19H24N4O2. The van der Waals surface area contributed by atoms with Gasteiger partial charge in [-0.1, -0.05) is 13.8 Å². The minimum absolute atomic E-state index is 0.00775. The Labute approximate surface area is 148 Å². The lowest BCUT2D eigenvalue weighted by Gasteiger charge is -2.26. The Morgan fingerprint density at radius 1 is 1.24 bits per heavy atom. The van der Waals surface area contributed by atoms with Gasteiger partial charge in [-0.3, -0.25) is 9.97 Å². The molecule has 2 amide bonds. The van der Waals surface area contributed by atoms with Crippen molar-refractivity contribution in [2.24, 2.45) is 5.92 Å². The molecule has 2 aromatic rings. The smallest absolute Gasteiger partial charge is 0.318 e. The standard InChI is InChI=1S/C19H24N4O2/c1-14(2)18(15-5-9-20-10-6-15)22-19(24)23-11-7-17(13-23)25-16-4-3-8-21-12-16/h3-6,8-10,12,14,17-18H,7,11,13H2,1-2H3,(H,22,24)/t17-,18-/m0/s1. The van der Waals surface area contributed by atoms with E-state index in [1.54, 1.807) is 24.8 Å². The molecule has 1 aliphatic heterocycles. The maximum absolute atomic E-state index is 12.7. The number of likely N-dealkylation sites (tertiary alicyclic amines) is 1. The number of pyridine rings is 2. The molecule has 132 valence electrons. The third-order valence-corrected chi connectivity index (χ3v) is 4.38. The maximum atomic E-state index is 12.7. The Kier molecular flexibility index (Phi) is 5.48. The molecule has 0 bridgehead atoms. The van der Waals surface area contributed by atoms with Crippen molar-refractivity contribution in [3.05, 3.63) is 54.6 Å². The minimum Gasteiger partial charge on any atom is -0.487 e. The number of hydrogen-bond donors (Lipinski definition) is 1. The van der Waals surface area contributed by atoms with Crippen molar-refractivity contribution in [3.63, 3.8) is 0 Å². The molecule has 0 aromatic carbocycles. The number of hydrogen-bond acceptors (Lipinski definition) is 4. The zero-order valence-corrected chi connectivity index (χ0v) is 14.6. The van der Waals surface area contributed by atoms with Crippen LogP contribution in [0.25, 0.3) is 0 Å². The van der Waals surface area contributed by atoms with Crippen LogP contribution < -0.4 is 10.1 Å². The number of aromatic nitrogens is 2. The van der Waals surface area contributed by atoms with E-state index >= 15 is 0 Å². The summed E-state index contributed by atoms with van der Waals surface area (Å²) < 4.78 is 5.90. The highest BCUT2D eigenvalue weighted by Crippen LogP contribution is 2.22. The van der Waals surface area contributed by atoms with Gasteiger partial charge in [0.25, 0.3) is 0 Å². The van der Waals surface area contributed by atoms with Gasteiger partial charge in [0.05, 0.1) is 18.8 Å². The summed E-state index contributed by atoms with van der Waals surface area (Å²) in [6.45, 7) is 5.48. The fourth-order valence-corrected chi connectivity index (χ4v) is 3.05. The summed E-state index contributed by atoms with van der Waals surface area (Å²) >= 11 is 0. The van der Waals surface area contributed by atoms with E-state index in [0.29, 0.717) is 13.1 Å². The van der Waals surface area contributed by atoms with Crippen LogP contribution in [0.4, 0.5) is 4.79 Å². The molecule has 0 saturated carbocycles. The van der Waals surface area contributed by atoms with E-state index in [0.717, 1.165) is 17.7 Å². The second kappa shape index (κ2) is 7.96. The topological polar surface area (TPSA) is 67.4 Å². The summed E-state index contributed by atoms with van der Waals surface area (Å²) in [6.07, 6.45) is 7.75. The summed E-state index contributed by atoms with van der Waals surface area (Å²) in [7, 11) is 0. The molecule has 1 fully saturated rings. The Morgan fingerprint density at radius 3 is 2.72 bits per heavy atom. The number of nitrogens with zero attached hydrogens (tertiary/aromatic N) is 3. The highest BCUT2D eigenvalue weighted by atomic mass is 16.5. The molecule has 1 saturated heterocycles. The molecule has 6 heteroatoms. The number of rotatable bonds is 5. The summed E-state index contributed by atoms with van der Waals surface area (Å²) in [5.41, 5.74) is 1.07. The first-order valence-electron chi connectivity index (χ1n) is 8.65. The number of nitrogens with one attached hydrogen (secondary N) is 1.